The highest BCUT2D eigenvalue weighted by Gasteiger charge is 2.27. The molecule has 0 bridgehead atoms. The summed E-state index contributed by atoms with van der Waals surface area (Å²) >= 11 is 0. The van der Waals surface area contributed by atoms with Gasteiger partial charge in [-0.15, -0.1) is 0 Å². The lowest BCUT2D eigenvalue weighted by molar-refractivity contribution is -0.162. The van der Waals surface area contributed by atoms with Gasteiger partial charge >= 0.3 is 23.9 Å². The van der Waals surface area contributed by atoms with Gasteiger partial charge in [0.25, 0.3) is 0 Å². The topological polar surface area (TPSA) is 124 Å². The number of nitrogens with zero attached hydrogens (tertiary/aromatic N) is 2. The summed E-state index contributed by atoms with van der Waals surface area (Å²) in [6.07, 6.45) is 5.61. The number of dihydropyridines is 1. The number of esters is 4. The Kier molecular flexibility index (Phi) is 13.3. The third-order valence-corrected chi connectivity index (χ3v) is 4.95. The Morgan fingerprint density at radius 1 is 0.619 bits per heavy atom. The molecule has 0 amide bonds. The minimum Gasteiger partial charge on any atom is -0.459 e. The Bertz CT molecular complexity index is 947. The summed E-state index contributed by atoms with van der Waals surface area (Å²) in [5.41, 5.74) is -1.93. The second kappa shape index (κ2) is 15.0. The molecule has 42 heavy (non-hydrogen) atoms. The average molecular weight is 596 g/mol. The summed E-state index contributed by atoms with van der Waals surface area (Å²) in [4.78, 5) is 53.8. The predicted molar refractivity (Wildman–Crippen MR) is 160 cm³/mol. The van der Waals surface area contributed by atoms with Crippen LogP contribution in [0.1, 0.15) is 83.1 Å². The van der Waals surface area contributed by atoms with E-state index < -0.39 is 46.3 Å². The molecule has 0 fully saturated rings. The molecular formula is C31H53N3O8. The van der Waals surface area contributed by atoms with E-state index in [1.165, 1.54) is 0 Å². The predicted octanol–water partition coefficient (Wildman–Crippen LogP) is 3.37. The molecule has 1 aliphatic rings. The van der Waals surface area contributed by atoms with Crippen molar-refractivity contribution in [1.82, 2.24) is 15.1 Å². The number of hydrogen-bond donors (Lipinski definition) is 1. The Morgan fingerprint density at radius 2 is 0.952 bits per heavy atom. The van der Waals surface area contributed by atoms with E-state index in [2.05, 4.69) is 5.32 Å². The maximum atomic E-state index is 12.6. The Morgan fingerprint density at radius 3 is 1.29 bits per heavy atom. The van der Waals surface area contributed by atoms with Gasteiger partial charge in [0, 0.05) is 18.8 Å². The van der Waals surface area contributed by atoms with Crippen molar-refractivity contribution < 1.29 is 38.1 Å². The van der Waals surface area contributed by atoms with Crippen LogP contribution in [0, 0.1) is 0 Å². The molecule has 0 spiro atoms. The highest BCUT2D eigenvalue weighted by Crippen LogP contribution is 2.14. The van der Waals surface area contributed by atoms with Gasteiger partial charge in [-0.2, -0.15) is 0 Å². The van der Waals surface area contributed by atoms with E-state index in [0.717, 1.165) is 5.70 Å². The second-order valence-corrected chi connectivity index (χ2v) is 14.5. The molecular weight excluding hydrogens is 542 g/mol. The fourth-order valence-corrected chi connectivity index (χ4v) is 3.94. The van der Waals surface area contributed by atoms with E-state index in [4.69, 9.17) is 18.9 Å². The maximum Gasteiger partial charge on any atom is 0.320 e. The first-order valence-electron chi connectivity index (χ1n) is 14.4. The SMILES string of the molecule is CC(C)(C)OC(=O)CN(CC(=O)OC(C)(C)C)CC1=CC=CC(CN(CC(=O)OC(C)(C)C)CC(=O)OC(C)(C)C)N1. The molecule has 1 heterocycles. The molecule has 0 saturated carbocycles. The normalized spacial score (nSPS) is 16.0. The first-order valence-corrected chi connectivity index (χ1v) is 14.4. The van der Waals surface area contributed by atoms with Crippen LogP contribution in [0.15, 0.2) is 23.9 Å². The van der Waals surface area contributed by atoms with Crippen molar-refractivity contribution in [1.29, 1.82) is 0 Å². The minimum atomic E-state index is -0.670. The zero-order chi connectivity index (χ0) is 32.5. The zero-order valence-electron chi connectivity index (χ0n) is 27.7. The van der Waals surface area contributed by atoms with Gasteiger partial charge in [0.2, 0.25) is 0 Å². The van der Waals surface area contributed by atoms with Crippen LogP contribution in [0.3, 0.4) is 0 Å². The molecule has 0 saturated heterocycles. The molecule has 0 aromatic heterocycles. The van der Waals surface area contributed by atoms with Gasteiger partial charge in [-0.1, -0.05) is 12.2 Å². The highest BCUT2D eigenvalue weighted by atomic mass is 16.6. The second-order valence-electron chi connectivity index (χ2n) is 14.5. The number of rotatable bonds is 12. The molecule has 1 N–H and O–H groups in total. The molecule has 1 unspecified atom stereocenters. The molecule has 11 heteroatoms. The van der Waals surface area contributed by atoms with Gasteiger partial charge in [-0.25, -0.2) is 0 Å². The third kappa shape index (κ3) is 18.5. The zero-order valence-corrected chi connectivity index (χ0v) is 27.7. The quantitative estimate of drug-likeness (QED) is 0.264. The fraction of sp³-hybridized carbons (Fsp3) is 0.742. The summed E-state index contributed by atoms with van der Waals surface area (Å²) in [6.45, 7) is 21.5. The van der Waals surface area contributed by atoms with Gasteiger partial charge in [-0.05, 0) is 89.2 Å². The first-order chi connectivity index (χ1) is 18.9. The first kappa shape index (κ1) is 37.1. The molecule has 1 aliphatic heterocycles. The lowest BCUT2D eigenvalue weighted by Gasteiger charge is -2.31. The van der Waals surface area contributed by atoms with E-state index >= 15 is 0 Å². The standard InChI is InChI=1S/C31H53N3O8/c1-28(2,3)39-24(35)18-33(19-25(36)40-29(4,5)6)16-22-14-13-15-23(32-22)17-34(20-26(37)41-30(7,8)9)21-27(38)42-31(10,11)12/h13-15,22,32H,16-21H2,1-12H3. The van der Waals surface area contributed by atoms with Crippen molar-refractivity contribution in [3.63, 3.8) is 0 Å². The number of carbonyl (C=O) groups excluding carboxylic acids is 4. The summed E-state index contributed by atoms with van der Waals surface area (Å²) in [6, 6.07) is -0.278. The van der Waals surface area contributed by atoms with Crippen molar-refractivity contribution in [2.24, 2.45) is 0 Å². The third-order valence-electron chi connectivity index (χ3n) is 4.95. The van der Waals surface area contributed by atoms with E-state index in [-0.39, 0.29) is 38.8 Å². The van der Waals surface area contributed by atoms with Crippen LogP contribution in [0.25, 0.3) is 0 Å². The lowest BCUT2D eigenvalue weighted by atomic mass is 10.1. The summed E-state index contributed by atoms with van der Waals surface area (Å²) < 4.78 is 21.9. The molecule has 1 atom stereocenters. The Hall–Kier alpha value is -2.92. The lowest BCUT2D eigenvalue weighted by Crippen LogP contribution is -2.48. The summed E-state index contributed by atoms with van der Waals surface area (Å²) in [5, 5.41) is 3.38. The van der Waals surface area contributed by atoms with Crippen molar-refractivity contribution in [2.45, 2.75) is 112 Å². The van der Waals surface area contributed by atoms with Crippen LogP contribution in [-0.4, -0.2) is 101 Å². The molecule has 0 aromatic carbocycles. The van der Waals surface area contributed by atoms with Gasteiger partial charge < -0.3 is 24.3 Å². The van der Waals surface area contributed by atoms with Crippen molar-refractivity contribution in [3.8, 4) is 0 Å². The number of ether oxygens (including phenoxy) is 4. The van der Waals surface area contributed by atoms with Crippen molar-refractivity contribution in [3.05, 3.63) is 23.9 Å². The number of allylic oxidation sites excluding steroid dienone is 2. The number of hydrogen-bond acceptors (Lipinski definition) is 11. The van der Waals surface area contributed by atoms with Gasteiger partial charge in [0.15, 0.2) is 0 Å². The highest BCUT2D eigenvalue weighted by molar-refractivity contribution is 5.76. The molecule has 0 radical (unpaired) electrons. The summed E-state index contributed by atoms with van der Waals surface area (Å²) in [5.74, 6) is -1.84. The minimum absolute atomic E-state index is 0.106. The van der Waals surface area contributed by atoms with E-state index in [1.807, 2.05) is 18.2 Å². The Labute approximate surface area is 251 Å². The number of carbonyl (C=O) groups is 4. The van der Waals surface area contributed by atoms with Crippen molar-refractivity contribution >= 4 is 23.9 Å². The van der Waals surface area contributed by atoms with Crippen molar-refractivity contribution in [2.75, 3.05) is 39.3 Å². The van der Waals surface area contributed by atoms with Crippen LogP contribution in [0.2, 0.25) is 0 Å². The summed E-state index contributed by atoms with van der Waals surface area (Å²) in [7, 11) is 0. The molecule has 1 rings (SSSR count). The van der Waals surface area contributed by atoms with E-state index in [1.54, 1.807) is 92.9 Å². The van der Waals surface area contributed by atoms with Gasteiger partial charge in [0.05, 0.1) is 32.2 Å². The fourth-order valence-electron chi connectivity index (χ4n) is 3.94. The molecule has 0 aromatic rings. The van der Waals surface area contributed by atoms with Crippen LogP contribution in [-0.2, 0) is 38.1 Å². The molecule has 0 aliphatic carbocycles. The van der Waals surface area contributed by atoms with E-state index in [9.17, 15) is 19.2 Å². The molecule has 11 nitrogen and oxygen atoms in total. The average Bonchev–Trinajstić information content (AvgIpc) is 2.67. The maximum absolute atomic E-state index is 12.6. The van der Waals surface area contributed by atoms with Gasteiger partial charge in [-0.3, -0.25) is 29.0 Å². The van der Waals surface area contributed by atoms with Crippen LogP contribution in [0.5, 0.6) is 0 Å². The van der Waals surface area contributed by atoms with Crippen LogP contribution < -0.4 is 5.32 Å². The smallest absolute Gasteiger partial charge is 0.320 e. The Balaban J connectivity index is 3.01. The van der Waals surface area contributed by atoms with Crippen LogP contribution >= 0.6 is 0 Å². The van der Waals surface area contributed by atoms with E-state index in [0.29, 0.717) is 6.54 Å². The molecule has 240 valence electrons. The van der Waals surface area contributed by atoms with Gasteiger partial charge in [0.1, 0.15) is 22.4 Å². The largest absolute Gasteiger partial charge is 0.459 e. The monoisotopic (exact) mass is 595 g/mol. The number of nitrogens with one attached hydrogen (secondary N) is 1. The van der Waals surface area contributed by atoms with Crippen LogP contribution in [0.4, 0.5) is 0 Å².